The quantitative estimate of drug-likeness (QED) is 0.688. The molecule has 1 saturated carbocycles. The molecule has 2 fully saturated rings. The molecule has 0 bridgehead atoms. The summed E-state index contributed by atoms with van der Waals surface area (Å²) in [6, 6.07) is 0.182. The minimum atomic E-state index is 0.182. The van der Waals surface area contributed by atoms with E-state index >= 15 is 0 Å². The van der Waals surface area contributed by atoms with Crippen LogP contribution < -0.4 is 5.73 Å². The van der Waals surface area contributed by atoms with E-state index in [0.717, 1.165) is 32.2 Å². The predicted molar refractivity (Wildman–Crippen MR) is 50.4 cm³/mol. The number of hydrogen-bond donors (Lipinski definition) is 1. The van der Waals surface area contributed by atoms with Gasteiger partial charge < -0.3 is 15.2 Å². The summed E-state index contributed by atoms with van der Waals surface area (Å²) >= 11 is 0. The van der Waals surface area contributed by atoms with Crippen LogP contribution in [0.4, 0.5) is 0 Å². The van der Waals surface area contributed by atoms with Gasteiger partial charge in [-0.2, -0.15) is 0 Å². The smallest absolute Gasteiger partial charge is 0.0621 e. The van der Waals surface area contributed by atoms with Gasteiger partial charge in [-0.3, -0.25) is 0 Å². The molecule has 13 heavy (non-hydrogen) atoms. The van der Waals surface area contributed by atoms with E-state index in [-0.39, 0.29) is 6.04 Å². The van der Waals surface area contributed by atoms with E-state index in [4.69, 9.17) is 15.2 Å². The maximum absolute atomic E-state index is 5.98. The highest BCUT2D eigenvalue weighted by atomic mass is 16.5. The summed E-state index contributed by atoms with van der Waals surface area (Å²) < 4.78 is 10.8. The first-order valence-electron chi connectivity index (χ1n) is 5.27. The van der Waals surface area contributed by atoms with Gasteiger partial charge in [0.25, 0.3) is 0 Å². The monoisotopic (exact) mass is 185 g/mol. The van der Waals surface area contributed by atoms with E-state index in [2.05, 4.69) is 0 Å². The van der Waals surface area contributed by atoms with Crippen molar-refractivity contribution in [2.45, 2.75) is 25.3 Å². The van der Waals surface area contributed by atoms with Gasteiger partial charge in [-0.05, 0) is 25.2 Å². The average Bonchev–Trinajstić information content (AvgIpc) is 2.80. The molecule has 0 aromatic carbocycles. The molecule has 2 unspecified atom stereocenters. The Morgan fingerprint density at radius 3 is 2.85 bits per heavy atom. The second-order valence-corrected chi connectivity index (χ2v) is 4.27. The zero-order valence-electron chi connectivity index (χ0n) is 8.08. The first-order valence-corrected chi connectivity index (χ1v) is 5.27. The highest BCUT2D eigenvalue weighted by molar-refractivity contribution is 4.77. The zero-order valence-corrected chi connectivity index (χ0v) is 8.08. The Hall–Kier alpha value is -0.120. The van der Waals surface area contributed by atoms with Crippen molar-refractivity contribution in [1.29, 1.82) is 0 Å². The normalized spacial score (nSPS) is 30.7. The minimum absolute atomic E-state index is 0.182. The molecule has 2 rings (SSSR count). The highest BCUT2D eigenvalue weighted by Crippen LogP contribution is 2.28. The number of nitrogens with two attached hydrogens (primary N) is 1. The Bertz CT molecular complexity index is 153. The maximum atomic E-state index is 5.98. The van der Waals surface area contributed by atoms with E-state index in [9.17, 15) is 0 Å². The standard InChI is InChI=1S/C10H19NO2/c11-10(9-3-4-12-6-9)7-13-5-8-1-2-8/h8-10H,1-7,11H2. The second kappa shape index (κ2) is 4.40. The predicted octanol–water partition coefficient (Wildman–Crippen LogP) is 0.777. The van der Waals surface area contributed by atoms with Crippen LogP contribution in [0.1, 0.15) is 19.3 Å². The van der Waals surface area contributed by atoms with Crippen LogP contribution in [0.25, 0.3) is 0 Å². The van der Waals surface area contributed by atoms with Crippen LogP contribution in [0.3, 0.4) is 0 Å². The molecule has 3 nitrogen and oxygen atoms in total. The zero-order chi connectivity index (χ0) is 9.10. The molecule has 0 amide bonds. The number of rotatable bonds is 5. The van der Waals surface area contributed by atoms with E-state index in [1.165, 1.54) is 12.8 Å². The van der Waals surface area contributed by atoms with E-state index in [1.54, 1.807) is 0 Å². The molecule has 0 spiro atoms. The molecule has 3 heteroatoms. The van der Waals surface area contributed by atoms with Gasteiger partial charge in [0, 0.05) is 25.2 Å². The fraction of sp³-hybridized carbons (Fsp3) is 1.00. The van der Waals surface area contributed by atoms with E-state index in [1.807, 2.05) is 0 Å². The lowest BCUT2D eigenvalue weighted by Crippen LogP contribution is -2.35. The molecule has 76 valence electrons. The average molecular weight is 185 g/mol. The molecule has 0 aromatic rings. The van der Waals surface area contributed by atoms with Crippen LogP contribution in [0, 0.1) is 11.8 Å². The van der Waals surface area contributed by atoms with Crippen molar-refractivity contribution >= 4 is 0 Å². The lowest BCUT2D eigenvalue weighted by molar-refractivity contribution is 0.0923. The Kier molecular flexibility index (Phi) is 3.19. The number of hydrogen-bond acceptors (Lipinski definition) is 3. The molecule has 1 heterocycles. The van der Waals surface area contributed by atoms with E-state index in [0.29, 0.717) is 12.5 Å². The Balaban J connectivity index is 1.56. The third-order valence-corrected chi connectivity index (χ3v) is 2.93. The van der Waals surface area contributed by atoms with E-state index < -0.39 is 0 Å². The molecular weight excluding hydrogens is 166 g/mol. The fourth-order valence-electron chi connectivity index (χ4n) is 1.68. The van der Waals surface area contributed by atoms with Crippen LogP contribution in [-0.4, -0.2) is 32.5 Å². The van der Waals surface area contributed by atoms with Crippen LogP contribution in [-0.2, 0) is 9.47 Å². The SMILES string of the molecule is NC(COCC1CC1)C1CCOC1. The first-order chi connectivity index (χ1) is 6.36. The molecule has 1 aliphatic carbocycles. The largest absolute Gasteiger partial charge is 0.381 e. The number of ether oxygens (including phenoxy) is 2. The van der Waals surface area contributed by atoms with Crippen molar-refractivity contribution in [3.05, 3.63) is 0 Å². The van der Waals surface area contributed by atoms with Gasteiger partial charge in [0.1, 0.15) is 0 Å². The third kappa shape index (κ3) is 2.93. The van der Waals surface area contributed by atoms with Crippen LogP contribution in [0.5, 0.6) is 0 Å². The molecule has 0 radical (unpaired) electrons. The summed E-state index contributed by atoms with van der Waals surface area (Å²) in [5, 5.41) is 0. The molecule has 2 atom stereocenters. The summed E-state index contributed by atoms with van der Waals surface area (Å²) in [7, 11) is 0. The molecule has 1 saturated heterocycles. The summed E-state index contributed by atoms with van der Waals surface area (Å²) in [6.07, 6.45) is 3.80. The van der Waals surface area contributed by atoms with Gasteiger partial charge >= 0.3 is 0 Å². The Labute approximate surface area is 79.6 Å². The van der Waals surface area contributed by atoms with Crippen molar-refractivity contribution < 1.29 is 9.47 Å². The van der Waals surface area contributed by atoms with Gasteiger partial charge in [0.2, 0.25) is 0 Å². The summed E-state index contributed by atoms with van der Waals surface area (Å²) in [4.78, 5) is 0. The molecular formula is C10H19NO2. The molecule has 2 aliphatic rings. The maximum Gasteiger partial charge on any atom is 0.0621 e. The van der Waals surface area contributed by atoms with Gasteiger partial charge in [0.15, 0.2) is 0 Å². The van der Waals surface area contributed by atoms with Gasteiger partial charge in [-0.25, -0.2) is 0 Å². The Morgan fingerprint density at radius 2 is 2.23 bits per heavy atom. The van der Waals surface area contributed by atoms with Crippen molar-refractivity contribution in [2.75, 3.05) is 26.4 Å². The first kappa shape index (κ1) is 9.44. The highest BCUT2D eigenvalue weighted by Gasteiger charge is 2.25. The lowest BCUT2D eigenvalue weighted by atomic mass is 10.0. The van der Waals surface area contributed by atoms with Crippen molar-refractivity contribution in [3.63, 3.8) is 0 Å². The van der Waals surface area contributed by atoms with Crippen molar-refractivity contribution in [1.82, 2.24) is 0 Å². The van der Waals surface area contributed by atoms with Crippen LogP contribution in [0.2, 0.25) is 0 Å². The van der Waals surface area contributed by atoms with Gasteiger partial charge in [0.05, 0.1) is 13.2 Å². The van der Waals surface area contributed by atoms with Crippen molar-refractivity contribution in [3.8, 4) is 0 Å². The summed E-state index contributed by atoms with van der Waals surface area (Å²) in [5.41, 5.74) is 5.98. The molecule has 2 N–H and O–H groups in total. The lowest BCUT2D eigenvalue weighted by Gasteiger charge is -2.17. The van der Waals surface area contributed by atoms with Gasteiger partial charge in [-0.15, -0.1) is 0 Å². The summed E-state index contributed by atoms with van der Waals surface area (Å²) in [6.45, 7) is 3.33. The molecule has 1 aliphatic heterocycles. The van der Waals surface area contributed by atoms with Crippen molar-refractivity contribution in [2.24, 2.45) is 17.6 Å². The topological polar surface area (TPSA) is 44.5 Å². The third-order valence-electron chi connectivity index (χ3n) is 2.93. The Morgan fingerprint density at radius 1 is 1.38 bits per heavy atom. The minimum Gasteiger partial charge on any atom is -0.381 e. The fourth-order valence-corrected chi connectivity index (χ4v) is 1.68. The second-order valence-electron chi connectivity index (χ2n) is 4.27. The summed E-state index contributed by atoms with van der Waals surface area (Å²) in [5.74, 6) is 1.37. The molecule has 0 aromatic heterocycles. The van der Waals surface area contributed by atoms with Crippen LogP contribution in [0.15, 0.2) is 0 Å². The van der Waals surface area contributed by atoms with Gasteiger partial charge in [-0.1, -0.05) is 0 Å². The van der Waals surface area contributed by atoms with Crippen LogP contribution >= 0.6 is 0 Å².